The molecule has 1 aliphatic carbocycles. The van der Waals surface area contributed by atoms with Gasteiger partial charge in [0, 0.05) is 25.2 Å². The van der Waals surface area contributed by atoms with Crippen LogP contribution in [0.5, 0.6) is 0 Å². The zero-order valence-corrected chi connectivity index (χ0v) is 16.8. The van der Waals surface area contributed by atoms with Gasteiger partial charge in [-0.1, -0.05) is 50.8 Å². The number of carboxylic acids is 1. The maximum atomic E-state index is 12.1. The molecule has 1 saturated carbocycles. The normalized spacial score (nSPS) is 20.1. The Morgan fingerprint density at radius 1 is 1.04 bits per heavy atom. The van der Waals surface area contributed by atoms with Gasteiger partial charge in [0.1, 0.15) is 5.78 Å². The van der Waals surface area contributed by atoms with Crippen molar-refractivity contribution in [3.8, 4) is 0 Å². The van der Waals surface area contributed by atoms with Gasteiger partial charge in [0.25, 0.3) is 0 Å². The van der Waals surface area contributed by atoms with Crippen LogP contribution in [-0.4, -0.2) is 22.6 Å². The second-order valence-corrected chi connectivity index (χ2v) is 7.61. The van der Waals surface area contributed by atoms with Crippen LogP contribution in [0.1, 0.15) is 90.4 Å². The molecule has 0 amide bonds. The molecular formula is C23H36O4. The second-order valence-electron chi connectivity index (χ2n) is 7.61. The highest BCUT2D eigenvalue weighted by atomic mass is 16.4. The van der Waals surface area contributed by atoms with Gasteiger partial charge in [-0.15, -0.1) is 0 Å². The van der Waals surface area contributed by atoms with Crippen molar-refractivity contribution in [2.45, 2.75) is 90.4 Å². The average Bonchev–Trinajstić information content (AvgIpc) is 2.98. The van der Waals surface area contributed by atoms with E-state index < -0.39 is 5.97 Å². The van der Waals surface area contributed by atoms with E-state index in [0.29, 0.717) is 25.0 Å². The Kier molecular flexibility index (Phi) is 12.4. The number of carboxylic acid groups (broad SMARTS) is 1. The van der Waals surface area contributed by atoms with Gasteiger partial charge in [0.05, 0.1) is 0 Å². The topological polar surface area (TPSA) is 71.4 Å². The summed E-state index contributed by atoms with van der Waals surface area (Å²) < 4.78 is 0. The number of ketones is 2. The Morgan fingerprint density at radius 2 is 1.78 bits per heavy atom. The van der Waals surface area contributed by atoms with Crippen molar-refractivity contribution < 1.29 is 19.5 Å². The standard InChI is InChI=1S/C23H36O4/c1-2-3-4-6-9-12-20(24)17-15-19-16-18-22(25)21(19)13-10-7-5-8-11-14-23(26)27/h7,10,15,17,19,21H,2-6,8-9,11-14,16,18H2,1H3,(H,26,27)/b10-7+,17-15+. The smallest absolute Gasteiger partial charge is 0.303 e. The lowest BCUT2D eigenvalue weighted by Crippen LogP contribution is -2.12. The van der Waals surface area contributed by atoms with Crippen molar-refractivity contribution in [3.63, 3.8) is 0 Å². The van der Waals surface area contributed by atoms with Crippen LogP contribution in [0.2, 0.25) is 0 Å². The van der Waals surface area contributed by atoms with Gasteiger partial charge in [0.2, 0.25) is 0 Å². The maximum absolute atomic E-state index is 12.1. The number of aliphatic carboxylic acids is 1. The van der Waals surface area contributed by atoms with Crippen LogP contribution in [0.4, 0.5) is 0 Å². The lowest BCUT2D eigenvalue weighted by molar-refractivity contribution is -0.137. The minimum atomic E-state index is -0.749. The lowest BCUT2D eigenvalue weighted by atomic mass is 9.91. The van der Waals surface area contributed by atoms with Gasteiger partial charge in [-0.25, -0.2) is 0 Å². The molecule has 27 heavy (non-hydrogen) atoms. The summed E-state index contributed by atoms with van der Waals surface area (Å²) >= 11 is 0. The Morgan fingerprint density at radius 3 is 2.52 bits per heavy atom. The molecule has 1 aliphatic rings. The lowest BCUT2D eigenvalue weighted by Gasteiger charge is -2.12. The summed E-state index contributed by atoms with van der Waals surface area (Å²) in [5.74, 6) is -0.0986. The number of allylic oxidation sites excluding steroid dienone is 4. The molecule has 0 aromatic rings. The third-order valence-electron chi connectivity index (χ3n) is 5.28. The molecule has 0 heterocycles. The third-order valence-corrected chi connectivity index (χ3v) is 5.28. The summed E-state index contributed by atoms with van der Waals surface area (Å²) in [4.78, 5) is 34.6. The Balaban J connectivity index is 2.30. The summed E-state index contributed by atoms with van der Waals surface area (Å²) in [6.45, 7) is 2.18. The number of hydrogen-bond acceptors (Lipinski definition) is 3. The second kappa shape index (κ2) is 14.4. The fourth-order valence-electron chi connectivity index (χ4n) is 3.59. The molecule has 1 rings (SSSR count). The molecule has 0 aromatic heterocycles. The van der Waals surface area contributed by atoms with Gasteiger partial charge in [-0.2, -0.15) is 0 Å². The zero-order chi connectivity index (χ0) is 19.9. The van der Waals surface area contributed by atoms with Gasteiger partial charge < -0.3 is 5.11 Å². The highest BCUT2D eigenvalue weighted by Crippen LogP contribution is 2.32. The van der Waals surface area contributed by atoms with Crippen molar-refractivity contribution in [3.05, 3.63) is 24.3 Å². The predicted molar refractivity (Wildman–Crippen MR) is 109 cm³/mol. The van der Waals surface area contributed by atoms with Crippen LogP contribution < -0.4 is 0 Å². The highest BCUT2D eigenvalue weighted by Gasteiger charge is 2.31. The third kappa shape index (κ3) is 10.9. The van der Waals surface area contributed by atoms with Crippen LogP contribution in [-0.2, 0) is 14.4 Å². The fraction of sp³-hybridized carbons (Fsp3) is 0.696. The minimum absolute atomic E-state index is 0.00567. The first-order chi connectivity index (χ1) is 13.0. The average molecular weight is 377 g/mol. The monoisotopic (exact) mass is 376 g/mol. The molecule has 2 unspecified atom stereocenters. The van der Waals surface area contributed by atoms with Crippen LogP contribution in [0.15, 0.2) is 24.3 Å². The van der Waals surface area contributed by atoms with Gasteiger partial charge in [-0.3, -0.25) is 14.4 Å². The zero-order valence-electron chi connectivity index (χ0n) is 16.8. The largest absolute Gasteiger partial charge is 0.481 e. The molecule has 0 saturated heterocycles. The molecule has 0 aliphatic heterocycles. The maximum Gasteiger partial charge on any atom is 0.303 e. The van der Waals surface area contributed by atoms with E-state index in [2.05, 4.69) is 13.0 Å². The van der Waals surface area contributed by atoms with E-state index in [1.165, 1.54) is 19.3 Å². The Bertz CT molecular complexity index is 518. The first-order valence-electron chi connectivity index (χ1n) is 10.6. The first-order valence-corrected chi connectivity index (χ1v) is 10.6. The molecule has 0 radical (unpaired) electrons. The van der Waals surface area contributed by atoms with Crippen LogP contribution in [0.3, 0.4) is 0 Å². The van der Waals surface area contributed by atoms with E-state index in [4.69, 9.17) is 5.11 Å². The van der Waals surface area contributed by atoms with Crippen molar-refractivity contribution in [2.24, 2.45) is 11.8 Å². The molecule has 1 fully saturated rings. The molecule has 1 N–H and O–H groups in total. The van der Waals surface area contributed by atoms with E-state index >= 15 is 0 Å². The van der Waals surface area contributed by atoms with E-state index in [1.54, 1.807) is 6.08 Å². The molecule has 4 nitrogen and oxygen atoms in total. The highest BCUT2D eigenvalue weighted by molar-refractivity contribution is 5.90. The Hall–Kier alpha value is -1.71. The van der Waals surface area contributed by atoms with E-state index in [9.17, 15) is 14.4 Å². The summed E-state index contributed by atoms with van der Waals surface area (Å²) in [6, 6.07) is 0. The van der Waals surface area contributed by atoms with Crippen LogP contribution >= 0.6 is 0 Å². The number of hydrogen-bond donors (Lipinski definition) is 1. The number of carbonyl (C=O) groups is 3. The van der Waals surface area contributed by atoms with Gasteiger partial charge in [-0.05, 0) is 50.5 Å². The number of rotatable bonds is 15. The van der Waals surface area contributed by atoms with Crippen molar-refractivity contribution in [1.82, 2.24) is 0 Å². The number of carbonyl (C=O) groups excluding carboxylic acids is 2. The van der Waals surface area contributed by atoms with Gasteiger partial charge in [0.15, 0.2) is 5.78 Å². The van der Waals surface area contributed by atoms with Gasteiger partial charge >= 0.3 is 5.97 Å². The summed E-state index contributed by atoms with van der Waals surface area (Å²) in [5.41, 5.74) is 0. The minimum Gasteiger partial charge on any atom is -0.481 e. The fourth-order valence-corrected chi connectivity index (χ4v) is 3.59. The summed E-state index contributed by atoms with van der Waals surface area (Å²) in [7, 11) is 0. The van der Waals surface area contributed by atoms with Crippen molar-refractivity contribution >= 4 is 17.5 Å². The molecule has 0 aromatic carbocycles. The molecule has 152 valence electrons. The quantitative estimate of drug-likeness (QED) is 0.227. The first kappa shape index (κ1) is 23.3. The van der Waals surface area contributed by atoms with E-state index in [1.807, 2.05) is 12.2 Å². The van der Waals surface area contributed by atoms with Crippen molar-refractivity contribution in [1.29, 1.82) is 0 Å². The molecule has 4 heteroatoms. The predicted octanol–water partition coefficient (Wildman–Crippen LogP) is 5.66. The SMILES string of the molecule is CCCCCCCC(=O)/C=C/C1CCC(=O)C1C/C=C/CCCCC(=O)O. The molecular weight excluding hydrogens is 340 g/mol. The molecule has 0 spiro atoms. The van der Waals surface area contributed by atoms with E-state index in [-0.39, 0.29) is 24.0 Å². The van der Waals surface area contributed by atoms with Crippen LogP contribution in [0.25, 0.3) is 0 Å². The van der Waals surface area contributed by atoms with E-state index in [0.717, 1.165) is 38.5 Å². The Labute approximate surface area is 164 Å². The van der Waals surface area contributed by atoms with Crippen molar-refractivity contribution in [2.75, 3.05) is 0 Å². The number of unbranched alkanes of at least 4 members (excludes halogenated alkanes) is 6. The summed E-state index contributed by atoms with van der Waals surface area (Å²) in [6.07, 6.45) is 18.9. The molecule has 2 atom stereocenters. The number of Topliss-reactive ketones (excluding diaryl/α,β-unsaturated/α-hetero) is 1. The molecule has 0 bridgehead atoms. The van der Waals surface area contributed by atoms with Crippen LogP contribution in [0, 0.1) is 11.8 Å². The summed E-state index contributed by atoms with van der Waals surface area (Å²) in [5, 5.41) is 8.60.